The standard InChI is InChI=1S/C29H16Cl5F3N2O4S/c30-14-6-11-18(17(12-14)29(35,36)37)39-27(41)25(13-4-2-1-3-5-13)44-16-9-7-15(8-10-16)38-26(40)19-20(28(42)43)22(32)24(34)23(33)21(19)31/h1-12,25H,(H,38,40)(H,39,41)(H,42,43). The van der Waals surface area contributed by atoms with Crippen LogP contribution in [0.4, 0.5) is 24.5 Å². The first-order valence-electron chi connectivity index (χ1n) is 12.1. The molecule has 2 amide bonds. The van der Waals surface area contributed by atoms with Gasteiger partial charge in [0.05, 0.1) is 42.5 Å². The molecular formula is C29H16Cl5F3N2O4S. The van der Waals surface area contributed by atoms with Crippen molar-refractivity contribution in [3.63, 3.8) is 0 Å². The highest BCUT2D eigenvalue weighted by atomic mass is 35.5. The molecule has 0 aliphatic carbocycles. The second-order valence-corrected chi connectivity index (χ2v) is 12.0. The maximum atomic E-state index is 13.6. The Kier molecular flexibility index (Phi) is 10.7. The van der Waals surface area contributed by atoms with E-state index in [0.29, 0.717) is 10.5 Å². The van der Waals surface area contributed by atoms with Gasteiger partial charge >= 0.3 is 12.1 Å². The van der Waals surface area contributed by atoms with Crippen LogP contribution in [-0.2, 0) is 11.0 Å². The average molecular weight is 723 g/mol. The number of halogens is 8. The Bertz CT molecular complexity index is 1760. The van der Waals surface area contributed by atoms with Crippen LogP contribution in [0.25, 0.3) is 0 Å². The largest absolute Gasteiger partial charge is 0.478 e. The molecule has 0 saturated heterocycles. The van der Waals surface area contributed by atoms with E-state index in [4.69, 9.17) is 58.0 Å². The lowest BCUT2D eigenvalue weighted by atomic mass is 10.1. The molecule has 228 valence electrons. The van der Waals surface area contributed by atoms with Crippen molar-refractivity contribution in [2.24, 2.45) is 0 Å². The molecule has 0 spiro atoms. The van der Waals surface area contributed by atoms with Gasteiger partial charge in [-0.3, -0.25) is 9.59 Å². The molecule has 44 heavy (non-hydrogen) atoms. The molecule has 4 aromatic carbocycles. The highest BCUT2D eigenvalue weighted by Crippen LogP contribution is 2.43. The van der Waals surface area contributed by atoms with Crippen LogP contribution in [0.2, 0.25) is 25.1 Å². The van der Waals surface area contributed by atoms with E-state index in [1.165, 1.54) is 18.2 Å². The van der Waals surface area contributed by atoms with Gasteiger partial charge in [0.2, 0.25) is 5.91 Å². The Morgan fingerprint density at radius 2 is 1.34 bits per heavy atom. The maximum absolute atomic E-state index is 13.6. The molecule has 0 aromatic heterocycles. The van der Waals surface area contributed by atoms with Gasteiger partial charge in [-0.15, -0.1) is 11.8 Å². The summed E-state index contributed by atoms with van der Waals surface area (Å²) in [5, 5.41) is 11.9. The van der Waals surface area contributed by atoms with Crippen molar-refractivity contribution in [3.05, 3.63) is 120 Å². The number of carboxylic acid groups (broad SMARTS) is 1. The second kappa shape index (κ2) is 13.9. The Labute approximate surface area is 277 Å². The van der Waals surface area contributed by atoms with Crippen molar-refractivity contribution in [3.8, 4) is 0 Å². The number of amides is 2. The molecule has 0 heterocycles. The lowest BCUT2D eigenvalue weighted by Gasteiger charge is -2.20. The monoisotopic (exact) mass is 720 g/mol. The fraction of sp³-hybridized carbons (Fsp3) is 0.0690. The van der Waals surface area contributed by atoms with Crippen molar-refractivity contribution >= 4 is 98.9 Å². The van der Waals surface area contributed by atoms with Gasteiger partial charge in [0.1, 0.15) is 5.25 Å². The van der Waals surface area contributed by atoms with Crippen molar-refractivity contribution in [1.82, 2.24) is 0 Å². The highest BCUT2D eigenvalue weighted by Gasteiger charge is 2.35. The second-order valence-electron chi connectivity index (χ2n) is 8.88. The molecule has 0 saturated carbocycles. The molecule has 0 fully saturated rings. The predicted octanol–water partition coefficient (Wildman–Crippen LogP) is 10.4. The number of aromatic carboxylic acids is 1. The fourth-order valence-corrected chi connectivity index (χ4v) is 6.17. The van der Waals surface area contributed by atoms with Crippen LogP contribution in [0, 0.1) is 0 Å². The molecule has 6 nitrogen and oxygen atoms in total. The van der Waals surface area contributed by atoms with Crippen LogP contribution in [0.15, 0.2) is 77.7 Å². The van der Waals surface area contributed by atoms with Crippen LogP contribution < -0.4 is 10.6 Å². The van der Waals surface area contributed by atoms with Crippen LogP contribution in [-0.4, -0.2) is 22.9 Å². The first kappa shape index (κ1) is 33.8. The molecule has 15 heteroatoms. The quantitative estimate of drug-likeness (QED) is 0.0956. The SMILES string of the molecule is O=C(O)c1c(Cl)c(Cl)c(Cl)c(Cl)c1C(=O)Nc1ccc(SC(C(=O)Nc2ccc(Cl)cc2C(F)(F)F)c2ccccc2)cc1. The highest BCUT2D eigenvalue weighted by molar-refractivity contribution is 8.00. The zero-order chi connectivity index (χ0) is 32.3. The summed E-state index contributed by atoms with van der Waals surface area (Å²) in [4.78, 5) is 38.7. The fourth-order valence-electron chi connectivity index (χ4n) is 3.95. The molecule has 0 radical (unpaired) electrons. The summed E-state index contributed by atoms with van der Waals surface area (Å²) in [5.74, 6) is -3.21. The number of carbonyl (C=O) groups excluding carboxylic acids is 2. The van der Waals surface area contributed by atoms with Gasteiger partial charge in [-0.1, -0.05) is 88.3 Å². The smallest absolute Gasteiger partial charge is 0.418 e. The molecule has 4 aromatic rings. The summed E-state index contributed by atoms with van der Waals surface area (Å²) >= 11 is 30.9. The molecule has 1 unspecified atom stereocenters. The van der Waals surface area contributed by atoms with Crippen molar-refractivity contribution in [2.45, 2.75) is 16.3 Å². The molecule has 0 aliphatic rings. The Morgan fingerprint density at radius 1 is 0.750 bits per heavy atom. The Balaban J connectivity index is 1.59. The minimum atomic E-state index is -4.76. The first-order chi connectivity index (χ1) is 20.7. The first-order valence-corrected chi connectivity index (χ1v) is 14.9. The number of thioether (sulfide) groups is 1. The molecule has 0 aliphatic heterocycles. The zero-order valence-electron chi connectivity index (χ0n) is 21.6. The van der Waals surface area contributed by atoms with E-state index >= 15 is 0 Å². The van der Waals surface area contributed by atoms with Gasteiger partial charge in [0.15, 0.2) is 0 Å². The lowest BCUT2D eigenvalue weighted by Crippen LogP contribution is -2.21. The number of alkyl halides is 3. The van der Waals surface area contributed by atoms with E-state index in [1.807, 2.05) is 0 Å². The van der Waals surface area contributed by atoms with E-state index in [1.54, 1.807) is 42.5 Å². The van der Waals surface area contributed by atoms with Crippen LogP contribution in [0.1, 0.15) is 37.1 Å². The third kappa shape index (κ3) is 7.56. The number of nitrogens with one attached hydrogen (secondary N) is 2. The van der Waals surface area contributed by atoms with E-state index < -0.39 is 61.6 Å². The van der Waals surface area contributed by atoms with Crippen molar-refractivity contribution in [2.75, 3.05) is 10.6 Å². The number of rotatable bonds is 8. The summed E-state index contributed by atoms with van der Waals surface area (Å²) in [6.07, 6.45) is -4.76. The van der Waals surface area contributed by atoms with Crippen LogP contribution >= 0.6 is 69.8 Å². The van der Waals surface area contributed by atoms with Gasteiger partial charge in [-0.25, -0.2) is 4.79 Å². The molecule has 0 bridgehead atoms. The summed E-state index contributed by atoms with van der Waals surface area (Å²) in [6, 6.07) is 17.5. The minimum Gasteiger partial charge on any atom is -0.478 e. The average Bonchev–Trinajstić information content (AvgIpc) is 2.97. The summed E-state index contributed by atoms with van der Waals surface area (Å²) in [5.41, 5.74) is -1.95. The van der Waals surface area contributed by atoms with Gasteiger partial charge in [-0.2, -0.15) is 13.2 Å². The maximum Gasteiger partial charge on any atom is 0.418 e. The third-order valence-electron chi connectivity index (χ3n) is 5.96. The van der Waals surface area contributed by atoms with Crippen molar-refractivity contribution in [1.29, 1.82) is 0 Å². The number of carboxylic acids is 1. The van der Waals surface area contributed by atoms with E-state index in [-0.39, 0.29) is 20.8 Å². The van der Waals surface area contributed by atoms with Gasteiger partial charge in [-0.05, 0) is 48.0 Å². The number of anilines is 2. The molecule has 1 atom stereocenters. The van der Waals surface area contributed by atoms with Gasteiger partial charge in [0.25, 0.3) is 5.91 Å². The third-order valence-corrected chi connectivity index (χ3v) is 9.26. The molecule has 3 N–H and O–H groups in total. The van der Waals surface area contributed by atoms with Crippen LogP contribution in [0.3, 0.4) is 0 Å². The van der Waals surface area contributed by atoms with E-state index in [9.17, 15) is 32.7 Å². The lowest BCUT2D eigenvalue weighted by molar-refractivity contribution is -0.137. The van der Waals surface area contributed by atoms with Gasteiger partial charge in [0, 0.05) is 15.6 Å². The minimum absolute atomic E-state index is 0.139. The summed E-state index contributed by atoms with van der Waals surface area (Å²) < 4.78 is 40.9. The number of benzene rings is 4. The number of hydrogen-bond acceptors (Lipinski definition) is 4. The predicted molar refractivity (Wildman–Crippen MR) is 168 cm³/mol. The summed E-state index contributed by atoms with van der Waals surface area (Å²) in [6.45, 7) is 0. The van der Waals surface area contributed by atoms with Crippen molar-refractivity contribution < 1.29 is 32.7 Å². The molecule has 4 rings (SSSR count). The topological polar surface area (TPSA) is 95.5 Å². The Hall–Kier alpha value is -3.12. The molecular weight excluding hydrogens is 707 g/mol. The number of hydrogen-bond donors (Lipinski definition) is 3. The normalized spacial score (nSPS) is 12.0. The van der Waals surface area contributed by atoms with Gasteiger partial charge < -0.3 is 15.7 Å². The zero-order valence-corrected chi connectivity index (χ0v) is 26.2. The van der Waals surface area contributed by atoms with Crippen LogP contribution in [0.5, 0.6) is 0 Å². The van der Waals surface area contributed by atoms with E-state index in [2.05, 4.69) is 10.6 Å². The van der Waals surface area contributed by atoms with E-state index in [0.717, 1.165) is 23.9 Å². The number of carbonyl (C=O) groups is 3. The summed E-state index contributed by atoms with van der Waals surface area (Å²) in [7, 11) is 0. The Morgan fingerprint density at radius 3 is 1.91 bits per heavy atom.